The van der Waals surface area contributed by atoms with Gasteiger partial charge in [0.25, 0.3) is 5.91 Å². The first kappa shape index (κ1) is 16.5. The Morgan fingerprint density at radius 3 is 2.73 bits per heavy atom. The van der Waals surface area contributed by atoms with Crippen LogP contribution in [0.15, 0.2) is 24.3 Å². The summed E-state index contributed by atoms with van der Waals surface area (Å²) in [5.41, 5.74) is 0.436. The number of nitrogens with zero attached hydrogens (tertiary/aromatic N) is 1. The minimum Gasteiger partial charge on any atom is -0.497 e. The number of ether oxygens (including phenoxy) is 1. The van der Waals surface area contributed by atoms with Gasteiger partial charge in [-0.1, -0.05) is 32.9 Å². The van der Waals surface area contributed by atoms with Gasteiger partial charge in [-0.25, -0.2) is 0 Å². The lowest BCUT2D eigenvalue weighted by Crippen LogP contribution is -2.42. The van der Waals surface area contributed by atoms with E-state index in [0.717, 1.165) is 24.2 Å². The number of rotatable bonds is 5. The molecule has 1 unspecified atom stereocenters. The average molecular weight is 303 g/mol. The first-order chi connectivity index (χ1) is 10.4. The molecule has 2 rings (SSSR count). The minimum absolute atomic E-state index is 0.0285. The van der Waals surface area contributed by atoms with Gasteiger partial charge in [-0.05, 0) is 37.0 Å². The maximum absolute atomic E-state index is 12.6. The van der Waals surface area contributed by atoms with Crippen molar-refractivity contribution < 1.29 is 14.3 Å². The third kappa shape index (κ3) is 3.16. The molecule has 1 amide bonds. The Balaban J connectivity index is 2.23. The molecule has 1 aromatic rings. The van der Waals surface area contributed by atoms with E-state index >= 15 is 0 Å². The fourth-order valence-electron chi connectivity index (χ4n) is 2.79. The van der Waals surface area contributed by atoms with Gasteiger partial charge < -0.3 is 9.64 Å². The highest BCUT2D eigenvalue weighted by molar-refractivity contribution is 6.38. The molecule has 0 bridgehead atoms. The van der Waals surface area contributed by atoms with Gasteiger partial charge in [0.15, 0.2) is 0 Å². The minimum atomic E-state index is -0.599. The predicted octanol–water partition coefficient (Wildman–Crippen LogP) is 3.36. The van der Waals surface area contributed by atoms with Crippen LogP contribution in [0.4, 0.5) is 0 Å². The lowest BCUT2D eigenvalue weighted by molar-refractivity contribution is -0.149. The second-order valence-electron chi connectivity index (χ2n) is 6.50. The maximum atomic E-state index is 12.6. The van der Waals surface area contributed by atoms with E-state index in [1.54, 1.807) is 12.0 Å². The number of likely N-dealkylation sites (tertiary alicyclic amines) is 1. The molecule has 1 heterocycles. The number of hydrogen-bond acceptors (Lipinski definition) is 3. The van der Waals surface area contributed by atoms with Gasteiger partial charge in [-0.3, -0.25) is 9.59 Å². The van der Waals surface area contributed by atoms with E-state index in [2.05, 4.69) is 0 Å². The van der Waals surface area contributed by atoms with E-state index in [0.29, 0.717) is 13.0 Å². The molecule has 120 valence electrons. The summed E-state index contributed by atoms with van der Waals surface area (Å²) < 4.78 is 5.26. The molecule has 0 radical (unpaired) electrons. The standard InChI is InChI=1S/C18H25NO3/c1-5-18(2,3)16(20)17(21)19-11-7-10-15(19)13-8-6-9-14(12-13)22-4/h6,8-9,12,15H,5,7,10-11H2,1-4H3. The van der Waals surface area contributed by atoms with Crippen molar-refractivity contribution in [2.75, 3.05) is 13.7 Å². The largest absolute Gasteiger partial charge is 0.497 e. The van der Waals surface area contributed by atoms with Gasteiger partial charge in [0.1, 0.15) is 5.75 Å². The van der Waals surface area contributed by atoms with Crippen LogP contribution >= 0.6 is 0 Å². The van der Waals surface area contributed by atoms with Crippen LogP contribution in [0.2, 0.25) is 0 Å². The second kappa shape index (κ2) is 6.51. The topological polar surface area (TPSA) is 46.6 Å². The number of Topliss-reactive ketones (excluding diaryl/α,β-unsaturated/α-hetero) is 1. The number of amides is 1. The summed E-state index contributed by atoms with van der Waals surface area (Å²) >= 11 is 0. The zero-order valence-electron chi connectivity index (χ0n) is 13.9. The molecular weight excluding hydrogens is 278 g/mol. The Morgan fingerprint density at radius 1 is 1.36 bits per heavy atom. The highest BCUT2D eigenvalue weighted by Gasteiger charge is 2.39. The molecule has 0 aromatic heterocycles. The fraction of sp³-hybridized carbons (Fsp3) is 0.556. The number of benzene rings is 1. The molecule has 1 fully saturated rings. The van der Waals surface area contributed by atoms with Crippen molar-refractivity contribution in [3.63, 3.8) is 0 Å². The van der Waals surface area contributed by atoms with Gasteiger partial charge in [-0.2, -0.15) is 0 Å². The molecular formula is C18H25NO3. The van der Waals surface area contributed by atoms with Crippen LogP contribution in [0.25, 0.3) is 0 Å². The van der Waals surface area contributed by atoms with Crippen molar-refractivity contribution in [1.82, 2.24) is 4.90 Å². The lowest BCUT2D eigenvalue weighted by Gasteiger charge is -2.28. The Bertz CT molecular complexity index is 565. The Hall–Kier alpha value is -1.84. The third-order valence-electron chi connectivity index (χ3n) is 4.69. The predicted molar refractivity (Wildman–Crippen MR) is 85.8 cm³/mol. The van der Waals surface area contributed by atoms with Gasteiger partial charge in [-0.15, -0.1) is 0 Å². The number of ketones is 1. The highest BCUT2D eigenvalue weighted by Crippen LogP contribution is 2.35. The molecule has 0 spiro atoms. The van der Waals surface area contributed by atoms with E-state index in [1.807, 2.05) is 45.0 Å². The number of methoxy groups -OCH3 is 1. The number of carbonyl (C=O) groups excluding carboxylic acids is 2. The van der Waals surface area contributed by atoms with Crippen LogP contribution in [-0.2, 0) is 9.59 Å². The summed E-state index contributed by atoms with van der Waals surface area (Å²) in [4.78, 5) is 26.8. The summed E-state index contributed by atoms with van der Waals surface area (Å²) in [7, 11) is 1.63. The second-order valence-corrected chi connectivity index (χ2v) is 6.50. The Kier molecular flexibility index (Phi) is 4.89. The van der Waals surface area contributed by atoms with E-state index in [9.17, 15) is 9.59 Å². The SMILES string of the molecule is CCC(C)(C)C(=O)C(=O)N1CCCC1c1cccc(OC)c1. The molecule has 1 atom stereocenters. The van der Waals surface area contributed by atoms with Crippen LogP contribution in [0.1, 0.15) is 51.6 Å². The Morgan fingerprint density at radius 2 is 2.09 bits per heavy atom. The third-order valence-corrected chi connectivity index (χ3v) is 4.69. The first-order valence-electron chi connectivity index (χ1n) is 7.90. The summed E-state index contributed by atoms with van der Waals surface area (Å²) in [5.74, 6) is 0.138. The lowest BCUT2D eigenvalue weighted by atomic mass is 9.84. The van der Waals surface area contributed by atoms with E-state index in [1.165, 1.54) is 0 Å². The highest BCUT2D eigenvalue weighted by atomic mass is 16.5. The quantitative estimate of drug-likeness (QED) is 0.784. The monoisotopic (exact) mass is 303 g/mol. The molecule has 1 saturated heterocycles. The van der Waals surface area contributed by atoms with Crippen LogP contribution in [0.3, 0.4) is 0 Å². The van der Waals surface area contributed by atoms with E-state index < -0.39 is 5.41 Å². The first-order valence-corrected chi connectivity index (χ1v) is 7.90. The van der Waals surface area contributed by atoms with Crippen molar-refractivity contribution in [3.05, 3.63) is 29.8 Å². The normalized spacial score (nSPS) is 18.4. The average Bonchev–Trinajstić information content (AvgIpc) is 3.03. The van der Waals surface area contributed by atoms with Crippen LogP contribution in [-0.4, -0.2) is 30.2 Å². The zero-order chi connectivity index (χ0) is 16.3. The molecule has 4 heteroatoms. The molecule has 1 aliphatic rings. The number of hydrogen-bond donors (Lipinski definition) is 0. The number of carbonyl (C=O) groups is 2. The van der Waals surface area contributed by atoms with Crippen molar-refractivity contribution >= 4 is 11.7 Å². The molecule has 1 aromatic carbocycles. The Labute approximate surface area is 132 Å². The molecule has 4 nitrogen and oxygen atoms in total. The summed E-state index contributed by atoms with van der Waals surface area (Å²) in [6, 6.07) is 7.72. The molecule has 22 heavy (non-hydrogen) atoms. The summed E-state index contributed by atoms with van der Waals surface area (Å²) in [5, 5.41) is 0. The van der Waals surface area contributed by atoms with Gasteiger partial charge >= 0.3 is 0 Å². The van der Waals surface area contributed by atoms with Crippen LogP contribution in [0, 0.1) is 5.41 Å². The van der Waals surface area contributed by atoms with Crippen molar-refractivity contribution in [2.45, 2.75) is 46.1 Å². The van der Waals surface area contributed by atoms with Crippen LogP contribution in [0.5, 0.6) is 5.75 Å². The molecule has 0 saturated carbocycles. The van der Waals surface area contributed by atoms with Crippen molar-refractivity contribution in [3.8, 4) is 5.75 Å². The van der Waals surface area contributed by atoms with Gasteiger partial charge in [0.05, 0.1) is 13.2 Å². The summed E-state index contributed by atoms with van der Waals surface area (Å²) in [6.07, 6.45) is 2.47. The summed E-state index contributed by atoms with van der Waals surface area (Å²) in [6.45, 7) is 6.26. The van der Waals surface area contributed by atoms with Gasteiger partial charge in [0.2, 0.25) is 5.78 Å². The van der Waals surface area contributed by atoms with Crippen molar-refractivity contribution in [2.24, 2.45) is 5.41 Å². The van der Waals surface area contributed by atoms with E-state index in [4.69, 9.17) is 4.74 Å². The van der Waals surface area contributed by atoms with Crippen molar-refractivity contribution in [1.29, 1.82) is 0 Å². The smallest absolute Gasteiger partial charge is 0.291 e. The molecule has 0 N–H and O–H groups in total. The maximum Gasteiger partial charge on any atom is 0.291 e. The van der Waals surface area contributed by atoms with Gasteiger partial charge in [0, 0.05) is 12.0 Å². The molecule has 0 aliphatic carbocycles. The van der Waals surface area contributed by atoms with E-state index in [-0.39, 0.29) is 17.7 Å². The van der Waals surface area contributed by atoms with Crippen LogP contribution < -0.4 is 4.74 Å². The zero-order valence-corrected chi connectivity index (χ0v) is 13.9. The molecule has 1 aliphatic heterocycles. The fourth-order valence-corrected chi connectivity index (χ4v) is 2.79.